The summed E-state index contributed by atoms with van der Waals surface area (Å²) >= 11 is 1.30. The number of anilines is 2. The van der Waals surface area contributed by atoms with Crippen LogP contribution in [0.15, 0.2) is 0 Å². The smallest absolute Gasteiger partial charge is 0.265 e. The van der Waals surface area contributed by atoms with Crippen molar-refractivity contribution in [2.24, 2.45) is 0 Å². The standard InChI is InChI=1S/C12H20N4O2S/c1-16(2)12-15-10(13)9(19-12)11(17)14-7-8-5-3-4-6-18-8/h8H,3-7,13H2,1-2H3,(H,14,17). The largest absolute Gasteiger partial charge is 0.382 e. The number of amides is 1. The molecule has 1 aromatic rings. The van der Waals surface area contributed by atoms with Crippen LogP contribution in [-0.2, 0) is 4.74 Å². The van der Waals surface area contributed by atoms with E-state index in [0.29, 0.717) is 11.4 Å². The second-order valence-electron chi connectivity index (χ2n) is 4.80. The van der Waals surface area contributed by atoms with E-state index in [1.165, 1.54) is 11.3 Å². The zero-order chi connectivity index (χ0) is 13.8. The van der Waals surface area contributed by atoms with Gasteiger partial charge in [-0.1, -0.05) is 11.3 Å². The molecule has 1 atom stereocenters. The van der Waals surface area contributed by atoms with Crippen molar-refractivity contribution in [2.45, 2.75) is 25.4 Å². The van der Waals surface area contributed by atoms with Crippen molar-refractivity contribution in [3.05, 3.63) is 4.88 Å². The van der Waals surface area contributed by atoms with Gasteiger partial charge in [-0.2, -0.15) is 0 Å². The first-order chi connectivity index (χ1) is 9.08. The SMILES string of the molecule is CN(C)c1nc(N)c(C(=O)NCC2CCCCO2)s1. The highest BCUT2D eigenvalue weighted by molar-refractivity contribution is 7.18. The van der Waals surface area contributed by atoms with Crippen LogP contribution in [0.25, 0.3) is 0 Å². The van der Waals surface area contributed by atoms with Crippen LogP contribution in [0.3, 0.4) is 0 Å². The normalized spacial score (nSPS) is 19.2. The Morgan fingerprint density at radius 2 is 2.37 bits per heavy atom. The van der Waals surface area contributed by atoms with Crippen molar-refractivity contribution >= 4 is 28.2 Å². The van der Waals surface area contributed by atoms with Crippen LogP contribution >= 0.6 is 11.3 Å². The molecule has 106 valence electrons. The molecular weight excluding hydrogens is 264 g/mol. The van der Waals surface area contributed by atoms with Gasteiger partial charge in [0.1, 0.15) is 10.7 Å². The first-order valence-electron chi connectivity index (χ1n) is 6.41. The number of hydrogen-bond acceptors (Lipinski definition) is 6. The van der Waals surface area contributed by atoms with Crippen LogP contribution in [0.1, 0.15) is 28.9 Å². The van der Waals surface area contributed by atoms with Crippen LogP contribution in [0.2, 0.25) is 0 Å². The monoisotopic (exact) mass is 284 g/mol. The fraction of sp³-hybridized carbons (Fsp3) is 0.667. The van der Waals surface area contributed by atoms with Crippen LogP contribution in [-0.4, -0.2) is 44.2 Å². The van der Waals surface area contributed by atoms with Gasteiger partial charge < -0.3 is 20.7 Å². The number of nitrogens with zero attached hydrogens (tertiary/aromatic N) is 2. The topological polar surface area (TPSA) is 80.5 Å². The van der Waals surface area contributed by atoms with E-state index in [1.54, 1.807) is 0 Å². The lowest BCUT2D eigenvalue weighted by Gasteiger charge is -2.22. The number of rotatable bonds is 4. The summed E-state index contributed by atoms with van der Waals surface area (Å²) in [4.78, 5) is 18.5. The van der Waals surface area contributed by atoms with Crippen molar-refractivity contribution in [3.8, 4) is 0 Å². The van der Waals surface area contributed by atoms with E-state index in [-0.39, 0.29) is 17.8 Å². The first-order valence-corrected chi connectivity index (χ1v) is 7.23. The van der Waals surface area contributed by atoms with Crippen molar-refractivity contribution in [2.75, 3.05) is 37.9 Å². The zero-order valence-electron chi connectivity index (χ0n) is 11.3. The van der Waals surface area contributed by atoms with Crippen molar-refractivity contribution < 1.29 is 9.53 Å². The molecule has 19 heavy (non-hydrogen) atoms. The minimum atomic E-state index is -0.169. The summed E-state index contributed by atoms with van der Waals surface area (Å²) in [6.07, 6.45) is 3.40. The molecule has 1 amide bonds. The fourth-order valence-electron chi connectivity index (χ4n) is 1.93. The minimum Gasteiger partial charge on any atom is -0.382 e. The number of nitrogen functional groups attached to an aromatic ring is 1. The van der Waals surface area contributed by atoms with Gasteiger partial charge in [0, 0.05) is 27.2 Å². The highest BCUT2D eigenvalue weighted by Gasteiger charge is 2.19. The molecule has 3 N–H and O–H groups in total. The average Bonchev–Trinajstić information content (AvgIpc) is 2.80. The number of ether oxygens (including phenoxy) is 1. The van der Waals surface area contributed by atoms with Gasteiger partial charge in [-0.15, -0.1) is 0 Å². The van der Waals surface area contributed by atoms with Crippen molar-refractivity contribution in [1.29, 1.82) is 0 Å². The van der Waals surface area contributed by atoms with Crippen molar-refractivity contribution in [3.63, 3.8) is 0 Å². The third-order valence-electron chi connectivity index (χ3n) is 3.00. The summed E-state index contributed by atoms with van der Waals surface area (Å²) in [5.41, 5.74) is 5.77. The zero-order valence-corrected chi connectivity index (χ0v) is 12.1. The predicted octanol–water partition coefficient (Wildman–Crippen LogP) is 1.09. The summed E-state index contributed by atoms with van der Waals surface area (Å²) in [5, 5.41) is 3.60. The molecule has 0 radical (unpaired) electrons. The number of hydrogen-bond donors (Lipinski definition) is 2. The van der Waals surface area contributed by atoms with Gasteiger partial charge in [0.25, 0.3) is 5.91 Å². The third kappa shape index (κ3) is 3.57. The van der Waals surface area contributed by atoms with Gasteiger partial charge in [-0.3, -0.25) is 4.79 Å². The van der Waals surface area contributed by atoms with Crippen molar-refractivity contribution in [1.82, 2.24) is 10.3 Å². The summed E-state index contributed by atoms with van der Waals surface area (Å²) in [5.74, 6) is 0.119. The highest BCUT2D eigenvalue weighted by atomic mass is 32.1. The van der Waals surface area contributed by atoms with Crippen LogP contribution in [0.4, 0.5) is 10.9 Å². The Hall–Kier alpha value is -1.34. The number of nitrogens with two attached hydrogens (primary N) is 1. The Labute approximate surface area is 116 Å². The number of aromatic nitrogens is 1. The van der Waals surface area contributed by atoms with Gasteiger partial charge in [0.05, 0.1) is 6.10 Å². The molecule has 1 aliphatic rings. The molecule has 1 unspecified atom stereocenters. The average molecular weight is 284 g/mol. The third-order valence-corrected chi connectivity index (χ3v) is 4.23. The lowest BCUT2D eigenvalue weighted by atomic mass is 10.1. The van der Waals surface area contributed by atoms with Gasteiger partial charge in [-0.25, -0.2) is 4.98 Å². The van der Waals surface area contributed by atoms with E-state index in [9.17, 15) is 4.79 Å². The summed E-state index contributed by atoms with van der Waals surface area (Å²) in [7, 11) is 3.74. The predicted molar refractivity (Wildman–Crippen MR) is 76.8 cm³/mol. The minimum absolute atomic E-state index is 0.125. The maximum atomic E-state index is 12.0. The Bertz CT molecular complexity index is 441. The van der Waals surface area contributed by atoms with E-state index in [2.05, 4.69) is 10.3 Å². The summed E-state index contributed by atoms with van der Waals surface area (Å²) in [6, 6.07) is 0. The molecule has 1 aliphatic heterocycles. The number of carbonyl (C=O) groups excluding carboxylic acids is 1. The molecule has 1 aromatic heterocycles. The van der Waals surface area contributed by atoms with Crippen LogP contribution in [0, 0.1) is 0 Å². The quantitative estimate of drug-likeness (QED) is 0.865. The molecule has 0 spiro atoms. The van der Waals surface area contributed by atoms with Gasteiger partial charge in [0.2, 0.25) is 0 Å². The Kier molecular flexibility index (Phi) is 4.60. The fourth-order valence-corrected chi connectivity index (χ4v) is 2.75. The molecule has 2 heterocycles. The lowest BCUT2D eigenvalue weighted by molar-refractivity contribution is 0.0169. The second kappa shape index (κ2) is 6.21. The van der Waals surface area contributed by atoms with Crippen LogP contribution < -0.4 is 16.0 Å². The van der Waals surface area contributed by atoms with Gasteiger partial charge in [-0.05, 0) is 19.3 Å². The van der Waals surface area contributed by atoms with E-state index >= 15 is 0 Å². The molecule has 0 aromatic carbocycles. The molecule has 7 heteroatoms. The van der Waals surface area contributed by atoms with E-state index in [4.69, 9.17) is 10.5 Å². The summed E-state index contributed by atoms with van der Waals surface area (Å²) < 4.78 is 5.57. The second-order valence-corrected chi connectivity index (χ2v) is 5.78. The maximum absolute atomic E-state index is 12.0. The van der Waals surface area contributed by atoms with E-state index in [0.717, 1.165) is 31.0 Å². The Balaban J connectivity index is 1.92. The first kappa shape index (κ1) is 14.1. The molecule has 0 aliphatic carbocycles. The Morgan fingerprint density at radius 3 is 2.95 bits per heavy atom. The molecule has 2 rings (SSSR count). The van der Waals surface area contributed by atoms with E-state index < -0.39 is 0 Å². The molecule has 0 saturated carbocycles. The Morgan fingerprint density at radius 1 is 1.58 bits per heavy atom. The maximum Gasteiger partial charge on any atom is 0.265 e. The highest BCUT2D eigenvalue weighted by Crippen LogP contribution is 2.26. The van der Waals surface area contributed by atoms with Gasteiger partial charge >= 0.3 is 0 Å². The molecular formula is C12H20N4O2S. The molecule has 0 bridgehead atoms. The molecule has 1 saturated heterocycles. The van der Waals surface area contributed by atoms with E-state index in [1.807, 2.05) is 19.0 Å². The lowest BCUT2D eigenvalue weighted by Crippen LogP contribution is -2.35. The summed E-state index contributed by atoms with van der Waals surface area (Å²) in [6.45, 7) is 1.32. The molecule has 6 nitrogen and oxygen atoms in total. The number of carbonyl (C=O) groups is 1. The number of thiazole rings is 1. The van der Waals surface area contributed by atoms with Crippen LogP contribution in [0.5, 0.6) is 0 Å². The molecule has 1 fully saturated rings. The van der Waals surface area contributed by atoms with Gasteiger partial charge in [0.15, 0.2) is 5.13 Å². The number of nitrogens with one attached hydrogen (secondary N) is 1.